The quantitative estimate of drug-likeness (QED) is 0.792. The first-order chi connectivity index (χ1) is 11.1. The van der Waals surface area contributed by atoms with Crippen molar-refractivity contribution in [1.82, 2.24) is 15.4 Å². The molecule has 0 bridgehead atoms. The lowest BCUT2D eigenvalue weighted by Gasteiger charge is -2.34. The van der Waals surface area contributed by atoms with Crippen molar-refractivity contribution in [1.29, 1.82) is 0 Å². The fraction of sp³-hybridized carbons (Fsp3) is 0.562. The molecule has 0 spiro atoms. The monoisotopic (exact) mass is 316 g/mol. The zero-order valence-electron chi connectivity index (χ0n) is 12.9. The average molecular weight is 316 g/mol. The SMILES string of the molecule is C=c1nc(C2CC[C@H]2C(=O)O)nc2c1=CNN2C1CCOCC1. The first-order valence-corrected chi connectivity index (χ1v) is 8.08. The van der Waals surface area contributed by atoms with Crippen molar-refractivity contribution >= 4 is 24.6 Å². The molecular formula is C16H20N4O3. The molecule has 1 saturated heterocycles. The molecule has 4 rings (SSSR count). The number of hydrogen-bond acceptors (Lipinski definition) is 6. The highest BCUT2D eigenvalue weighted by Gasteiger charge is 2.40. The van der Waals surface area contributed by atoms with Crippen LogP contribution in [-0.4, -0.2) is 40.3 Å². The van der Waals surface area contributed by atoms with Crippen molar-refractivity contribution in [2.24, 2.45) is 5.92 Å². The molecule has 1 unspecified atom stereocenters. The van der Waals surface area contributed by atoms with Gasteiger partial charge in [-0.15, -0.1) is 0 Å². The summed E-state index contributed by atoms with van der Waals surface area (Å²) in [7, 11) is 0. The Morgan fingerprint density at radius 3 is 2.74 bits per heavy atom. The highest BCUT2D eigenvalue weighted by molar-refractivity contribution is 5.72. The van der Waals surface area contributed by atoms with Crippen LogP contribution in [0.4, 0.5) is 5.82 Å². The van der Waals surface area contributed by atoms with Crippen LogP contribution in [0.3, 0.4) is 0 Å². The standard InChI is InChI=1S/C16H20N4O3/c1-9-13-8-17-20(10-4-6-23-7-5-10)15(13)19-14(18-9)11-2-3-12(11)16(21)22/h8,10-12,17H,1-7H2,(H,21,22)/t11?,12-/m1/s1. The Morgan fingerprint density at radius 2 is 2.09 bits per heavy atom. The van der Waals surface area contributed by atoms with Crippen molar-refractivity contribution in [3.8, 4) is 0 Å². The summed E-state index contributed by atoms with van der Waals surface area (Å²) >= 11 is 0. The molecule has 0 amide bonds. The van der Waals surface area contributed by atoms with E-state index in [-0.39, 0.29) is 11.8 Å². The van der Waals surface area contributed by atoms with Crippen LogP contribution in [0, 0.1) is 5.92 Å². The van der Waals surface area contributed by atoms with Gasteiger partial charge in [0.2, 0.25) is 0 Å². The minimum absolute atomic E-state index is 0.101. The minimum atomic E-state index is -0.762. The Bertz CT molecular complexity index is 744. The molecule has 122 valence electrons. The number of hydrogen-bond donors (Lipinski definition) is 2. The maximum Gasteiger partial charge on any atom is 0.307 e. The maximum atomic E-state index is 11.3. The van der Waals surface area contributed by atoms with Crippen molar-refractivity contribution in [3.05, 3.63) is 16.4 Å². The highest BCUT2D eigenvalue weighted by Crippen LogP contribution is 2.41. The van der Waals surface area contributed by atoms with E-state index in [0.29, 0.717) is 23.6 Å². The summed E-state index contributed by atoms with van der Waals surface area (Å²) in [6.07, 6.45) is 5.28. The van der Waals surface area contributed by atoms with Gasteiger partial charge in [-0.1, -0.05) is 6.58 Å². The summed E-state index contributed by atoms with van der Waals surface area (Å²) in [5, 5.41) is 12.9. The summed E-state index contributed by atoms with van der Waals surface area (Å²) in [6.45, 7) is 5.52. The summed E-state index contributed by atoms with van der Waals surface area (Å²) in [5.74, 6) is 0.198. The van der Waals surface area contributed by atoms with Gasteiger partial charge in [0.15, 0.2) is 5.82 Å². The smallest absolute Gasteiger partial charge is 0.307 e. The number of fused-ring (bicyclic) bond motifs is 1. The highest BCUT2D eigenvalue weighted by atomic mass is 16.5. The number of ether oxygens (including phenoxy) is 1. The molecule has 0 radical (unpaired) electrons. The molecule has 2 aliphatic heterocycles. The van der Waals surface area contributed by atoms with Gasteiger partial charge >= 0.3 is 5.97 Å². The van der Waals surface area contributed by atoms with Gasteiger partial charge in [0.05, 0.1) is 22.5 Å². The average Bonchev–Trinajstić information content (AvgIpc) is 2.91. The number of carboxylic acids is 1. The van der Waals surface area contributed by atoms with E-state index in [9.17, 15) is 9.90 Å². The molecule has 0 aromatic carbocycles. The lowest BCUT2D eigenvalue weighted by atomic mass is 9.73. The van der Waals surface area contributed by atoms with Crippen LogP contribution < -0.4 is 21.0 Å². The molecule has 3 aliphatic rings. The van der Waals surface area contributed by atoms with Crippen LogP contribution in [0.25, 0.3) is 12.8 Å². The number of aromatic nitrogens is 2. The van der Waals surface area contributed by atoms with Gasteiger partial charge in [-0.3, -0.25) is 9.80 Å². The van der Waals surface area contributed by atoms with Crippen molar-refractivity contribution in [2.45, 2.75) is 37.6 Å². The molecule has 2 atom stereocenters. The van der Waals surface area contributed by atoms with Crippen LogP contribution in [0.2, 0.25) is 0 Å². The fourth-order valence-corrected chi connectivity index (χ4v) is 3.54. The largest absolute Gasteiger partial charge is 0.481 e. The molecule has 1 aromatic heterocycles. The Balaban J connectivity index is 1.68. The molecular weight excluding hydrogens is 296 g/mol. The van der Waals surface area contributed by atoms with Gasteiger partial charge < -0.3 is 15.3 Å². The summed E-state index contributed by atoms with van der Waals surface area (Å²) in [4.78, 5) is 20.5. The first-order valence-electron chi connectivity index (χ1n) is 8.08. The molecule has 23 heavy (non-hydrogen) atoms. The second kappa shape index (κ2) is 5.49. The van der Waals surface area contributed by atoms with E-state index in [4.69, 9.17) is 9.72 Å². The van der Waals surface area contributed by atoms with Gasteiger partial charge in [0.1, 0.15) is 5.82 Å². The zero-order chi connectivity index (χ0) is 16.0. The molecule has 7 heteroatoms. The lowest BCUT2D eigenvalue weighted by molar-refractivity contribution is -0.145. The Labute approximate surface area is 133 Å². The number of carbonyl (C=O) groups is 1. The van der Waals surface area contributed by atoms with Crippen LogP contribution in [0.1, 0.15) is 37.4 Å². The van der Waals surface area contributed by atoms with E-state index in [1.54, 1.807) is 0 Å². The predicted molar refractivity (Wildman–Crippen MR) is 83.8 cm³/mol. The van der Waals surface area contributed by atoms with Gasteiger partial charge in [0.25, 0.3) is 0 Å². The lowest BCUT2D eigenvalue weighted by Crippen LogP contribution is -2.46. The minimum Gasteiger partial charge on any atom is -0.481 e. The third-order valence-corrected chi connectivity index (χ3v) is 5.08. The molecule has 1 saturated carbocycles. The van der Waals surface area contributed by atoms with Crippen LogP contribution >= 0.6 is 0 Å². The number of hydrazine groups is 1. The van der Waals surface area contributed by atoms with Gasteiger partial charge in [-0.2, -0.15) is 0 Å². The van der Waals surface area contributed by atoms with Crippen LogP contribution in [0.5, 0.6) is 0 Å². The van der Waals surface area contributed by atoms with E-state index < -0.39 is 5.97 Å². The van der Waals surface area contributed by atoms with Crippen LogP contribution in [-0.2, 0) is 9.53 Å². The first kappa shape index (κ1) is 14.4. The molecule has 1 aromatic rings. The van der Waals surface area contributed by atoms with E-state index >= 15 is 0 Å². The van der Waals surface area contributed by atoms with Crippen molar-refractivity contribution in [2.75, 3.05) is 18.2 Å². The number of nitrogens with zero attached hydrogens (tertiary/aromatic N) is 3. The molecule has 1 aliphatic carbocycles. The number of aliphatic carboxylic acids is 1. The fourth-order valence-electron chi connectivity index (χ4n) is 3.54. The summed E-state index contributed by atoms with van der Waals surface area (Å²) in [6, 6.07) is 0.320. The Kier molecular flexibility index (Phi) is 3.45. The number of nitrogens with one attached hydrogen (secondary N) is 1. The predicted octanol–water partition coefficient (Wildman–Crippen LogP) is -0.293. The van der Waals surface area contributed by atoms with E-state index in [0.717, 1.165) is 43.5 Å². The van der Waals surface area contributed by atoms with Crippen molar-refractivity contribution < 1.29 is 14.6 Å². The molecule has 3 heterocycles. The second-order valence-corrected chi connectivity index (χ2v) is 6.38. The number of carboxylic acid groups (broad SMARTS) is 1. The maximum absolute atomic E-state index is 11.3. The van der Waals surface area contributed by atoms with E-state index in [2.05, 4.69) is 22.0 Å². The van der Waals surface area contributed by atoms with Gasteiger partial charge in [-0.05, 0) is 25.7 Å². The summed E-state index contributed by atoms with van der Waals surface area (Å²) < 4.78 is 5.42. The van der Waals surface area contributed by atoms with Crippen molar-refractivity contribution in [3.63, 3.8) is 0 Å². The van der Waals surface area contributed by atoms with Gasteiger partial charge in [-0.25, -0.2) is 9.97 Å². The number of rotatable bonds is 3. The third-order valence-electron chi connectivity index (χ3n) is 5.08. The zero-order valence-corrected chi connectivity index (χ0v) is 12.9. The molecule has 2 N–H and O–H groups in total. The van der Waals surface area contributed by atoms with E-state index in [1.165, 1.54) is 0 Å². The Morgan fingerprint density at radius 1 is 1.30 bits per heavy atom. The number of anilines is 1. The second-order valence-electron chi connectivity index (χ2n) is 6.38. The Hall–Kier alpha value is -2.15. The molecule has 2 fully saturated rings. The van der Waals surface area contributed by atoms with E-state index in [1.807, 2.05) is 6.20 Å². The summed E-state index contributed by atoms with van der Waals surface area (Å²) in [5.41, 5.74) is 3.26. The van der Waals surface area contributed by atoms with Gasteiger partial charge in [0, 0.05) is 25.3 Å². The van der Waals surface area contributed by atoms with Crippen LogP contribution in [0.15, 0.2) is 0 Å². The topological polar surface area (TPSA) is 87.6 Å². The molecule has 7 nitrogen and oxygen atoms in total. The normalized spacial score (nSPS) is 26.9. The third kappa shape index (κ3) is 2.35.